The van der Waals surface area contributed by atoms with Crippen molar-refractivity contribution >= 4 is 33.8 Å². The van der Waals surface area contributed by atoms with E-state index >= 15 is 0 Å². The Bertz CT molecular complexity index is 772. The van der Waals surface area contributed by atoms with Gasteiger partial charge in [0.05, 0.1) is 12.2 Å². The van der Waals surface area contributed by atoms with Crippen molar-refractivity contribution in [3.05, 3.63) is 29.8 Å². The topological polar surface area (TPSA) is 130 Å². The molecule has 23 heavy (non-hydrogen) atoms. The lowest BCUT2D eigenvalue weighted by molar-refractivity contribution is -0.420. The molecule has 1 heterocycles. The Morgan fingerprint density at radius 1 is 1.39 bits per heavy atom. The van der Waals surface area contributed by atoms with Crippen molar-refractivity contribution in [1.29, 1.82) is 0 Å². The average Bonchev–Trinajstić information content (AvgIpc) is 2.75. The molecule has 1 aliphatic rings. The molecule has 0 spiro atoms. The number of hydrogen-bond acceptors (Lipinski definition) is 5. The van der Waals surface area contributed by atoms with E-state index in [1.165, 1.54) is 0 Å². The third-order valence-corrected chi connectivity index (χ3v) is 4.04. The summed E-state index contributed by atoms with van der Waals surface area (Å²) in [5, 5.41) is 8.95. The zero-order valence-corrected chi connectivity index (χ0v) is 13.3. The zero-order valence-electron chi connectivity index (χ0n) is 12.5. The number of nitrogens with one attached hydrogen (secondary N) is 1. The number of sulfonamides is 1. The van der Waals surface area contributed by atoms with Crippen LogP contribution < -0.4 is 10.5 Å². The lowest BCUT2D eigenvalue weighted by Gasteiger charge is -2.09. The van der Waals surface area contributed by atoms with Gasteiger partial charge in [0.2, 0.25) is 22.3 Å². The Hall–Kier alpha value is -2.26. The van der Waals surface area contributed by atoms with Gasteiger partial charge in [0.1, 0.15) is 6.04 Å². The van der Waals surface area contributed by atoms with Gasteiger partial charge in [0.15, 0.2) is 6.21 Å². The number of para-hydroxylation sites is 1. The Balaban J connectivity index is 2.22. The summed E-state index contributed by atoms with van der Waals surface area (Å²) in [6, 6.07) is 6.19. The molecule has 4 N–H and O–H groups in total. The van der Waals surface area contributed by atoms with Gasteiger partial charge >= 0.3 is 5.97 Å². The number of aliphatic carboxylic acids is 1. The van der Waals surface area contributed by atoms with E-state index < -0.39 is 27.9 Å². The summed E-state index contributed by atoms with van der Waals surface area (Å²) in [7, 11) is -3.62. The first kappa shape index (κ1) is 17.1. The summed E-state index contributed by atoms with van der Waals surface area (Å²) < 4.78 is 25.7. The Morgan fingerprint density at radius 3 is 2.65 bits per heavy atom. The fourth-order valence-corrected chi connectivity index (χ4v) is 3.01. The summed E-state index contributed by atoms with van der Waals surface area (Å²) in [6.45, 7) is -0.178. The highest BCUT2D eigenvalue weighted by Crippen LogP contribution is 2.33. The molecular weight excluding hydrogens is 322 g/mol. The highest BCUT2D eigenvalue weighted by molar-refractivity contribution is 7.89. The van der Waals surface area contributed by atoms with E-state index in [0.29, 0.717) is 0 Å². The highest BCUT2D eigenvalue weighted by Gasteiger charge is 2.34. The smallest absolute Gasteiger partial charge is 0.320 e. The fraction of sp³-hybridized carbons (Fsp3) is 0.357. The molecule has 0 aromatic heterocycles. The number of fused-ring (bicyclic) bond motifs is 1. The molecule has 8 nitrogen and oxygen atoms in total. The van der Waals surface area contributed by atoms with Crippen molar-refractivity contribution in [1.82, 2.24) is 4.72 Å². The number of nitrogens with two attached hydrogens (primary N) is 1. The van der Waals surface area contributed by atoms with Crippen LogP contribution in [0, 0.1) is 0 Å². The maximum Gasteiger partial charge on any atom is 0.320 e. The molecule has 0 saturated heterocycles. The number of carbonyl (C=O) groups is 2. The van der Waals surface area contributed by atoms with Gasteiger partial charge in [-0.05, 0) is 6.42 Å². The van der Waals surface area contributed by atoms with Gasteiger partial charge < -0.3 is 10.8 Å². The van der Waals surface area contributed by atoms with Crippen LogP contribution >= 0.6 is 0 Å². The first-order valence-electron chi connectivity index (χ1n) is 6.87. The number of carboxylic acids is 1. The van der Waals surface area contributed by atoms with Crippen LogP contribution in [0.5, 0.6) is 0 Å². The molecule has 0 aliphatic carbocycles. The normalized spacial score (nSPS) is 18.0. The van der Waals surface area contributed by atoms with Crippen molar-refractivity contribution in [3.8, 4) is 0 Å². The van der Waals surface area contributed by atoms with Gasteiger partial charge in [-0.25, -0.2) is 13.1 Å². The van der Waals surface area contributed by atoms with Crippen molar-refractivity contribution < 1.29 is 27.7 Å². The third-order valence-electron chi connectivity index (χ3n) is 3.44. The SMILES string of the molecule is CS(=O)(=O)NC(=O)C[N+]1=CC(C[C@H](N)C(=O)O)c2ccccc21. The Labute approximate surface area is 133 Å². The van der Waals surface area contributed by atoms with Crippen molar-refractivity contribution in [2.75, 3.05) is 12.8 Å². The van der Waals surface area contributed by atoms with Crippen LogP contribution in [-0.2, 0) is 19.6 Å². The highest BCUT2D eigenvalue weighted by atomic mass is 32.2. The van der Waals surface area contributed by atoms with E-state index in [4.69, 9.17) is 10.8 Å². The predicted molar refractivity (Wildman–Crippen MR) is 83.2 cm³/mol. The van der Waals surface area contributed by atoms with Gasteiger partial charge in [0.25, 0.3) is 5.91 Å². The van der Waals surface area contributed by atoms with Crippen molar-refractivity contribution in [2.24, 2.45) is 5.73 Å². The van der Waals surface area contributed by atoms with E-state index in [1.54, 1.807) is 22.9 Å². The molecule has 2 atom stereocenters. The molecule has 1 aromatic rings. The van der Waals surface area contributed by atoms with Crippen LogP contribution in [0.3, 0.4) is 0 Å². The second-order valence-electron chi connectivity index (χ2n) is 5.42. The van der Waals surface area contributed by atoms with Gasteiger partial charge in [-0.2, -0.15) is 4.58 Å². The maximum atomic E-state index is 11.8. The van der Waals surface area contributed by atoms with Crippen LogP contribution in [0.2, 0.25) is 0 Å². The fourth-order valence-electron chi connectivity index (χ4n) is 2.53. The number of amides is 1. The van der Waals surface area contributed by atoms with Crippen LogP contribution in [0.15, 0.2) is 24.3 Å². The molecule has 2 rings (SSSR count). The molecule has 1 aliphatic heterocycles. The largest absolute Gasteiger partial charge is 0.480 e. The first-order chi connectivity index (χ1) is 10.7. The molecular formula is C14H18N3O5S+. The van der Waals surface area contributed by atoms with E-state index in [2.05, 4.69) is 0 Å². The lowest BCUT2D eigenvalue weighted by Crippen LogP contribution is -2.35. The number of hydrogen-bond donors (Lipinski definition) is 3. The number of nitrogens with zero attached hydrogens (tertiary/aromatic N) is 1. The predicted octanol–water partition coefficient (Wildman–Crippen LogP) is -0.624. The molecule has 0 fully saturated rings. The quantitative estimate of drug-likeness (QED) is 0.592. The summed E-state index contributed by atoms with van der Waals surface area (Å²) in [5.41, 5.74) is 7.18. The minimum absolute atomic E-state index is 0.178. The second-order valence-corrected chi connectivity index (χ2v) is 7.17. The van der Waals surface area contributed by atoms with Crippen LogP contribution in [0.4, 0.5) is 5.69 Å². The zero-order chi connectivity index (χ0) is 17.2. The van der Waals surface area contributed by atoms with Gasteiger partial charge in [0, 0.05) is 11.6 Å². The number of benzene rings is 1. The molecule has 0 saturated carbocycles. The molecule has 0 radical (unpaired) electrons. The minimum Gasteiger partial charge on any atom is -0.480 e. The number of carbonyl (C=O) groups excluding carboxylic acids is 1. The van der Waals surface area contributed by atoms with E-state index in [9.17, 15) is 18.0 Å². The molecule has 124 valence electrons. The van der Waals surface area contributed by atoms with Gasteiger partial charge in [-0.3, -0.25) is 9.59 Å². The number of carboxylic acid groups (broad SMARTS) is 1. The number of rotatable bonds is 6. The molecule has 1 amide bonds. The molecule has 1 aromatic carbocycles. The first-order valence-corrected chi connectivity index (χ1v) is 8.76. The summed E-state index contributed by atoms with van der Waals surface area (Å²) >= 11 is 0. The minimum atomic E-state index is -3.62. The van der Waals surface area contributed by atoms with Crippen molar-refractivity contribution in [2.45, 2.75) is 18.4 Å². The Morgan fingerprint density at radius 2 is 2.04 bits per heavy atom. The van der Waals surface area contributed by atoms with Crippen LogP contribution in [0.25, 0.3) is 0 Å². The summed E-state index contributed by atoms with van der Waals surface area (Å²) in [5.74, 6) is -2.01. The van der Waals surface area contributed by atoms with E-state index in [-0.39, 0.29) is 18.9 Å². The van der Waals surface area contributed by atoms with E-state index in [0.717, 1.165) is 17.5 Å². The lowest BCUT2D eigenvalue weighted by atomic mass is 9.94. The van der Waals surface area contributed by atoms with Gasteiger partial charge in [-0.1, -0.05) is 18.2 Å². The molecule has 1 unspecified atom stereocenters. The summed E-state index contributed by atoms with van der Waals surface area (Å²) in [4.78, 5) is 22.7. The summed E-state index contributed by atoms with van der Waals surface area (Å²) in [6.07, 6.45) is 2.80. The van der Waals surface area contributed by atoms with E-state index in [1.807, 2.05) is 16.9 Å². The third kappa shape index (κ3) is 4.36. The monoisotopic (exact) mass is 340 g/mol. The second kappa shape index (κ2) is 6.47. The van der Waals surface area contributed by atoms with Crippen molar-refractivity contribution in [3.63, 3.8) is 0 Å². The average molecular weight is 340 g/mol. The molecule has 0 bridgehead atoms. The standard InChI is InChI=1S/C14H17N3O5S/c1-23(21,22)16-13(18)8-17-7-9(6-11(15)14(19)20)10-4-2-3-5-12(10)17/h2-5,7,9,11H,6,8,15H2,1H3,(H-,16,18,19,20)/p+1/t9?,11-/m0/s1. The van der Waals surface area contributed by atoms with Crippen LogP contribution in [0.1, 0.15) is 17.9 Å². The maximum absolute atomic E-state index is 11.8. The Kier molecular flexibility index (Phi) is 4.81. The van der Waals surface area contributed by atoms with Crippen LogP contribution in [-0.4, -0.2) is 55.0 Å². The molecule has 9 heteroatoms. The van der Waals surface area contributed by atoms with Gasteiger partial charge in [-0.15, -0.1) is 0 Å².